The monoisotopic (exact) mass is 428 g/mol. The Balaban J connectivity index is 4.22. The number of carbonyl (C=O) groups excluding carboxylic acids is 3. The molecule has 176 valence electrons. The van der Waals surface area contributed by atoms with Crippen LogP contribution in [-0.2, 0) is 28.6 Å². The average molecular weight is 429 g/mol. The summed E-state index contributed by atoms with van der Waals surface area (Å²) in [4.78, 5) is 35.5. The number of hydrogen-bond acceptors (Lipinski definition) is 6. The van der Waals surface area contributed by atoms with Crippen molar-refractivity contribution < 1.29 is 28.6 Å². The molecule has 0 amide bonds. The second-order valence-electron chi connectivity index (χ2n) is 7.88. The maximum atomic E-state index is 12.1. The number of rotatable bonds is 20. The Morgan fingerprint density at radius 1 is 0.600 bits per heavy atom. The van der Waals surface area contributed by atoms with Gasteiger partial charge in [-0.1, -0.05) is 59.3 Å². The lowest BCUT2D eigenvalue weighted by molar-refractivity contribution is -0.159. The van der Waals surface area contributed by atoms with Crippen molar-refractivity contribution in [3.8, 4) is 0 Å². The van der Waals surface area contributed by atoms with Gasteiger partial charge in [0, 0.05) is 19.3 Å². The number of esters is 3. The molecule has 0 aromatic rings. The van der Waals surface area contributed by atoms with Gasteiger partial charge in [-0.25, -0.2) is 0 Å². The molecule has 0 spiro atoms. The van der Waals surface area contributed by atoms with Gasteiger partial charge in [0.2, 0.25) is 0 Å². The standard InChI is InChI=1S/C24H44O6/c1-4-7-10-16-22(25)28-19-14-13-15-21(30-24(27)18-12-9-6-3)20-29-23(26)17-11-8-5-2/h21H,4-20H2,1-3H3. The fourth-order valence-electron chi connectivity index (χ4n) is 2.97. The molecule has 0 aromatic carbocycles. The van der Waals surface area contributed by atoms with Crippen molar-refractivity contribution in [2.24, 2.45) is 0 Å². The van der Waals surface area contributed by atoms with Gasteiger partial charge in [0.25, 0.3) is 0 Å². The molecule has 0 heterocycles. The molecule has 0 bridgehead atoms. The molecule has 0 fully saturated rings. The van der Waals surface area contributed by atoms with Gasteiger partial charge in [-0.2, -0.15) is 0 Å². The third-order valence-corrected chi connectivity index (χ3v) is 4.87. The molecule has 0 aromatic heterocycles. The second-order valence-corrected chi connectivity index (χ2v) is 7.88. The van der Waals surface area contributed by atoms with Gasteiger partial charge >= 0.3 is 17.9 Å². The molecular weight excluding hydrogens is 384 g/mol. The quantitative estimate of drug-likeness (QED) is 0.136. The zero-order valence-corrected chi connectivity index (χ0v) is 19.5. The number of carbonyl (C=O) groups is 3. The van der Waals surface area contributed by atoms with Crippen LogP contribution in [0.2, 0.25) is 0 Å². The molecule has 0 radical (unpaired) electrons. The molecule has 6 nitrogen and oxygen atoms in total. The van der Waals surface area contributed by atoms with Gasteiger partial charge in [-0.15, -0.1) is 0 Å². The molecular formula is C24H44O6. The van der Waals surface area contributed by atoms with E-state index in [1.807, 2.05) is 0 Å². The third kappa shape index (κ3) is 18.4. The van der Waals surface area contributed by atoms with Crippen molar-refractivity contribution in [1.82, 2.24) is 0 Å². The van der Waals surface area contributed by atoms with E-state index in [9.17, 15) is 14.4 Å². The highest BCUT2D eigenvalue weighted by Gasteiger charge is 2.17. The molecule has 0 aliphatic carbocycles. The summed E-state index contributed by atoms with van der Waals surface area (Å²) >= 11 is 0. The van der Waals surface area contributed by atoms with Gasteiger partial charge < -0.3 is 14.2 Å². The Kier molecular flexibility index (Phi) is 19.6. The van der Waals surface area contributed by atoms with E-state index in [1.54, 1.807) is 0 Å². The Bertz CT molecular complexity index is 449. The van der Waals surface area contributed by atoms with Gasteiger partial charge in [-0.05, 0) is 38.5 Å². The largest absolute Gasteiger partial charge is 0.466 e. The van der Waals surface area contributed by atoms with Crippen molar-refractivity contribution in [3.05, 3.63) is 0 Å². The number of hydrogen-bond donors (Lipinski definition) is 0. The average Bonchev–Trinajstić information content (AvgIpc) is 2.72. The summed E-state index contributed by atoms with van der Waals surface area (Å²) < 4.78 is 16.1. The minimum absolute atomic E-state index is 0.0985. The highest BCUT2D eigenvalue weighted by Crippen LogP contribution is 2.11. The summed E-state index contributed by atoms with van der Waals surface area (Å²) in [6.07, 6.45) is 11.6. The van der Waals surface area contributed by atoms with Crippen LogP contribution in [0.4, 0.5) is 0 Å². The van der Waals surface area contributed by atoms with Crippen molar-refractivity contribution in [2.75, 3.05) is 13.2 Å². The van der Waals surface area contributed by atoms with Gasteiger partial charge in [-0.3, -0.25) is 14.4 Å². The van der Waals surface area contributed by atoms with Crippen LogP contribution in [0.1, 0.15) is 117 Å². The fraction of sp³-hybridized carbons (Fsp3) is 0.875. The Labute approximate surface area is 183 Å². The maximum Gasteiger partial charge on any atom is 0.306 e. The lowest BCUT2D eigenvalue weighted by Crippen LogP contribution is -2.25. The van der Waals surface area contributed by atoms with Crippen molar-refractivity contribution in [1.29, 1.82) is 0 Å². The smallest absolute Gasteiger partial charge is 0.306 e. The first-order valence-corrected chi connectivity index (χ1v) is 12.0. The van der Waals surface area contributed by atoms with Crippen molar-refractivity contribution in [2.45, 2.75) is 123 Å². The van der Waals surface area contributed by atoms with Crippen LogP contribution in [0.15, 0.2) is 0 Å². The van der Waals surface area contributed by atoms with Crippen molar-refractivity contribution >= 4 is 17.9 Å². The van der Waals surface area contributed by atoms with Crippen molar-refractivity contribution in [3.63, 3.8) is 0 Å². The predicted molar refractivity (Wildman–Crippen MR) is 118 cm³/mol. The molecule has 1 unspecified atom stereocenters. The summed E-state index contributed by atoms with van der Waals surface area (Å²) in [6, 6.07) is 0. The molecule has 6 heteroatoms. The maximum absolute atomic E-state index is 12.1. The van der Waals surface area contributed by atoms with Crippen LogP contribution in [0.5, 0.6) is 0 Å². The SMILES string of the molecule is CCCCCC(=O)OCCCCC(COC(=O)CCCCC)OC(=O)CCCCC. The molecule has 0 rings (SSSR count). The van der Waals surface area contributed by atoms with Gasteiger partial charge in [0.1, 0.15) is 12.7 Å². The van der Waals surface area contributed by atoms with E-state index in [0.717, 1.165) is 64.2 Å². The lowest BCUT2D eigenvalue weighted by Gasteiger charge is -2.18. The van der Waals surface area contributed by atoms with Crippen LogP contribution >= 0.6 is 0 Å². The highest BCUT2D eigenvalue weighted by molar-refractivity contribution is 5.70. The van der Waals surface area contributed by atoms with Crippen LogP contribution in [0.25, 0.3) is 0 Å². The van der Waals surface area contributed by atoms with E-state index in [-0.39, 0.29) is 24.5 Å². The number of ether oxygens (including phenoxy) is 3. The van der Waals surface area contributed by atoms with Crippen LogP contribution in [0.3, 0.4) is 0 Å². The van der Waals surface area contributed by atoms with Crippen LogP contribution in [0, 0.1) is 0 Å². The summed E-state index contributed by atoms with van der Waals surface area (Å²) in [7, 11) is 0. The zero-order chi connectivity index (χ0) is 22.5. The fourth-order valence-corrected chi connectivity index (χ4v) is 2.97. The normalized spacial score (nSPS) is 11.7. The molecule has 0 aliphatic rings. The van der Waals surface area contributed by atoms with E-state index in [0.29, 0.717) is 38.7 Å². The van der Waals surface area contributed by atoms with Gasteiger partial charge in [0.15, 0.2) is 0 Å². The first kappa shape index (κ1) is 28.4. The first-order valence-electron chi connectivity index (χ1n) is 12.0. The summed E-state index contributed by atoms with van der Waals surface area (Å²) in [5.74, 6) is -0.627. The van der Waals surface area contributed by atoms with E-state index in [4.69, 9.17) is 14.2 Å². The third-order valence-electron chi connectivity index (χ3n) is 4.87. The molecule has 30 heavy (non-hydrogen) atoms. The highest BCUT2D eigenvalue weighted by atomic mass is 16.6. The van der Waals surface area contributed by atoms with E-state index in [2.05, 4.69) is 20.8 Å². The first-order chi connectivity index (χ1) is 14.5. The van der Waals surface area contributed by atoms with Crippen LogP contribution in [-0.4, -0.2) is 37.2 Å². The molecule has 0 saturated carbocycles. The lowest BCUT2D eigenvalue weighted by atomic mass is 10.1. The number of unbranched alkanes of at least 4 members (excludes halogenated alkanes) is 7. The minimum Gasteiger partial charge on any atom is -0.466 e. The van der Waals surface area contributed by atoms with E-state index in [1.165, 1.54) is 0 Å². The second kappa shape index (κ2) is 20.7. The Morgan fingerprint density at radius 2 is 1.10 bits per heavy atom. The minimum atomic E-state index is -0.436. The zero-order valence-electron chi connectivity index (χ0n) is 19.5. The topological polar surface area (TPSA) is 78.9 Å². The van der Waals surface area contributed by atoms with Crippen LogP contribution < -0.4 is 0 Å². The summed E-state index contributed by atoms with van der Waals surface area (Å²) in [5, 5.41) is 0. The van der Waals surface area contributed by atoms with Gasteiger partial charge in [0.05, 0.1) is 6.61 Å². The summed E-state index contributed by atoms with van der Waals surface area (Å²) in [5.41, 5.74) is 0. The molecule has 0 aliphatic heterocycles. The Morgan fingerprint density at radius 3 is 1.63 bits per heavy atom. The summed E-state index contributed by atoms with van der Waals surface area (Å²) in [6.45, 7) is 6.74. The predicted octanol–water partition coefficient (Wildman–Crippen LogP) is 5.90. The molecule has 0 N–H and O–H groups in total. The van der Waals surface area contributed by atoms with E-state index >= 15 is 0 Å². The van der Waals surface area contributed by atoms with E-state index < -0.39 is 6.10 Å². The Hall–Kier alpha value is -1.59. The molecule has 1 atom stereocenters. The molecule has 0 saturated heterocycles.